The van der Waals surface area contributed by atoms with E-state index in [1.54, 1.807) is 0 Å². The minimum absolute atomic E-state index is 0.0206. The van der Waals surface area contributed by atoms with Crippen LogP contribution in [0.15, 0.2) is 24.3 Å². The zero-order valence-electron chi connectivity index (χ0n) is 12.9. The normalized spacial score (nSPS) is 25.2. The van der Waals surface area contributed by atoms with Gasteiger partial charge in [0.2, 0.25) is 0 Å². The van der Waals surface area contributed by atoms with E-state index >= 15 is 0 Å². The van der Waals surface area contributed by atoms with Crippen molar-refractivity contribution in [3.8, 4) is 0 Å². The van der Waals surface area contributed by atoms with Gasteiger partial charge in [0.15, 0.2) is 0 Å². The molecular weight excluding hydrogens is 330 g/mol. The molecule has 124 valence electrons. The van der Waals surface area contributed by atoms with E-state index in [2.05, 4.69) is 5.32 Å². The summed E-state index contributed by atoms with van der Waals surface area (Å²) >= 11 is 3.93. The summed E-state index contributed by atoms with van der Waals surface area (Å²) in [6.45, 7) is 0. The third-order valence-corrected chi connectivity index (χ3v) is 7.40. The fraction of sp³-hybridized carbons (Fsp3) is 0.529. The van der Waals surface area contributed by atoms with Gasteiger partial charge in [-0.3, -0.25) is 9.59 Å². The molecule has 1 saturated carbocycles. The molecule has 4 nitrogen and oxygen atoms in total. The Bertz CT molecular complexity index is 570. The molecule has 2 aliphatic rings. The molecule has 0 unspecified atom stereocenters. The van der Waals surface area contributed by atoms with Gasteiger partial charge in [-0.05, 0) is 54.9 Å². The Morgan fingerprint density at radius 1 is 1.09 bits per heavy atom. The number of hydrogen-bond donors (Lipinski definition) is 2. The van der Waals surface area contributed by atoms with Crippen LogP contribution < -0.4 is 5.32 Å². The lowest BCUT2D eigenvalue weighted by Gasteiger charge is -2.21. The number of carboxylic acids is 1. The molecule has 1 aliphatic carbocycles. The molecule has 0 spiro atoms. The topological polar surface area (TPSA) is 66.4 Å². The van der Waals surface area contributed by atoms with Gasteiger partial charge in [-0.1, -0.05) is 12.1 Å². The summed E-state index contributed by atoms with van der Waals surface area (Å²) in [5.41, 5.74) is 1.92. The third-order valence-electron chi connectivity index (χ3n) is 4.39. The molecule has 0 aromatic heterocycles. The minimum atomic E-state index is -0.756. The van der Waals surface area contributed by atoms with E-state index in [0.29, 0.717) is 23.0 Å². The predicted molar refractivity (Wildman–Crippen MR) is 94.9 cm³/mol. The van der Waals surface area contributed by atoms with E-state index in [4.69, 9.17) is 5.11 Å². The molecule has 1 aromatic carbocycles. The second-order valence-corrected chi connectivity index (χ2v) is 8.79. The van der Waals surface area contributed by atoms with Gasteiger partial charge < -0.3 is 10.4 Å². The Kier molecular flexibility index (Phi) is 5.54. The number of nitrogens with one attached hydrogen (secondary N) is 1. The first-order valence-corrected chi connectivity index (χ1v) is 10.1. The zero-order valence-corrected chi connectivity index (χ0v) is 14.5. The lowest BCUT2D eigenvalue weighted by atomic mass is 10.1. The van der Waals surface area contributed by atoms with Crippen LogP contribution in [0, 0.1) is 5.92 Å². The first-order chi connectivity index (χ1) is 11.1. The summed E-state index contributed by atoms with van der Waals surface area (Å²) in [5.74, 6) is 1.23. The molecule has 23 heavy (non-hydrogen) atoms. The third kappa shape index (κ3) is 4.23. The van der Waals surface area contributed by atoms with Crippen LogP contribution in [0.4, 0.5) is 0 Å². The Hall–Kier alpha value is -1.14. The fourth-order valence-corrected chi connectivity index (χ4v) is 5.97. The number of aliphatic carboxylic acids is 1. The lowest BCUT2D eigenvalue weighted by molar-refractivity contribution is -0.141. The molecule has 1 saturated heterocycles. The highest BCUT2D eigenvalue weighted by atomic mass is 32.2. The molecule has 0 bridgehead atoms. The highest BCUT2D eigenvalue weighted by molar-refractivity contribution is 8.16. The zero-order chi connectivity index (χ0) is 16.2. The van der Waals surface area contributed by atoms with Gasteiger partial charge in [-0.25, -0.2) is 0 Å². The van der Waals surface area contributed by atoms with Crippen molar-refractivity contribution in [3.05, 3.63) is 35.4 Å². The monoisotopic (exact) mass is 351 g/mol. The van der Waals surface area contributed by atoms with Crippen LogP contribution in [0.2, 0.25) is 0 Å². The average molecular weight is 351 g/mol. The minimum Gasteiger partial charge on any atom is -0.481 e. The van der Waals surface area contributed by atoms with Gasteiger partial charge in [0.1, 0.15) is 0 Å². The van der Waals surface area contributed by atoms with Crippen LogP contribution in [0.3, 0.4) is 0 Å². The van der Waals surface area contributed by atoms with Gasteiger partial charge in [0.05, 0.1) is 10.5 Å². The van der Waals surface area contributed by atoms with Gasteiger partial charge >= 0.3 is 5.97 Å². The second kappa shape index (κ2) is 7.62. The Balaban J connectivity index is 1.56. The van der Waals surface area contributed by atoms with Crippen molar-refractivity contribution in [3.63, 3.8) is 0 Å². The van der Waals surface area contributed by atoms with Gasteiger partial charge in [0, 0.05) is 11.6 Å². The summed E-state index contributed by atoms with van der Waals surface area (Å²) < 4.78 is 0.479. The Morgan fingerprint density at radius 3 is 2.39 bits per heavy atom. The molecule has 1 amide bonds. The maximum Gasteiger partial charge on any atom is 0.306 e. The number of thioether (sulfide) groups is 2. The molecule has 1 aromatic rings. The number of benzene rings is 1. The summed E-state index contributed by atoms with van der Waals surface area (Å²) in [4.78, 5) is 23.3. The van der Waals surface area contributed by atoms with Crippen molar-refractivity contribution < 1.29 is 14.7 Å². The molecular formula is C17H21NO3S2. The maximum atomic E-state index is 12.3. The van der Waals surface area contributed by atoms with Crippen LogP contribution in [0.5, 0.6) is 0 Å². The molecule has 1 aliphatic heterocycles. The van der Waals surface area contributed by atoms with Crippen LogP contribution >= 0.6 is 23.5 Å². The van der Waals surface area contributed by atoms with Gasteiger partial charge in [-0.15, -0.1) is 23.5 Å². The summed E-state index contributed by atoms with van der Waals surface area (Å²) in [5, 5.41) is 12.0. The molecule has 2 N–H and O–H groups in total. The van der Waals surface area contributed by atoms with Gasteiger partial charge in [-0.2, -0.15) is 0 Å². The molecule has 0 radical (unpaired) electrons. The van der Waals surface area contributed by atoms with Crippen molar-refractivity contribution in [2.75, 3.05) is 11.5 Å². The first kappa shape index (κ1) is 16.7. The second-order valence-electron chi connectivity index (χ2n) is 6.07. The largest absolute Gasteiger partial charge is 0.481 e. The quantitative estimate of drug-likeness (QED) is 0.868. The summed E-state index contributed by atoms with van der Waals surface area (Å²) in [6, 6.07) is 7.82. The summed E-state index contributed by atoms with van der Waals surface area (Å²) in [6.07, 6.45) is 3.20. The molecule has 3 rings (SSSR count). The van der Waals surface area contributed by atoms with E-state index in [1.165, 1.54) is 23.5 Å². The number of carboxylic acid groups (broad SMARTS) is 1. The number of carbonyl (C=O) groups is 2. The van der Waals surface area contributed by atoms with E-state index in [1.807, 2.05) is 47.8 Å². The Morgan fingerprint density at radius 2 is 1.78 bits per heavy atom. The number of amides is 1. The molecule has 2 fully saturated rings. The fourth-order valence-electron chi connectivity index (χ4n) is 3.08. The maximum absolute atomic E-state index is 12.3. The van der Waals surface area contributed by atoms with E-state index in [0.717, 1.165) is 6.42 Å². The van der Waals surface area contributed by atoms with E-state index in [-0.39, 0.29) is 17.9 Å². The van der Waals surface area contributed by atoms with E-state index < -0.39 is 5.97 Å². The SMILES string of the molecule is O=C(N[C@H]1CC[C@@H](C(=O)O)C1)c1ccc(C2SCCCS2)cc1. The molecule has 2 atom stereocenters. The highest BCUT2D eigenvalue weighted by Gasteiger charge is 2.30. The van der Waals surface area contributed by atoms with E-state index in [9.17, 15) is 9.59 Å². The van der Waals surface area contributed by atoms with Crippen molar-refractivity contribution in [2.24, 2.45) is 5.92 Å². The number of rotatable bonds is 4. The molecule has 1 heterocycles. The first-order valence-electron chi connectivity index (χ1n) is 8.00. The predicted octanol–water partition coefficient (Wildman–Crippen LogP) is 3.54. The standard InChI is InChI=1S/C17H21NO3S2/c19-15(18-14-7-6-13(10-14)16(20)21)11-2-4-12(5-3-11)17-22-8-1-9-23-17/h2-5,13-14,17H,1,6-10H2,(H,18,19)(H,20,21)/t13-,14+/m1/s1. The van der Waals surface area contributed by atoms with Crippen LogP contribution in [0.1, 0.15) is 46.2 Å². The van der Waals surface area contributed by atoms with Crippen LogP contribution in [0.25, 0.3) is 0 Å². The van der Waals surface area contributed by atoms with Crippen LogP contribution in [-0.4, -0.2) is 34.5 Å². The van der Waals surface area contributed by atoms with Crippen molar-refractivity contribution in [2.45, 2.75) is 36.3 Å². The lowest BCUT2D eigenvalue weighted by Crippen LogP contribution is -2.33. The number of hydrogen-bond acceptors (Lipinski definition) is 4. The smallest absolute Gasteiger partial charge is 0.306 e. The Labute approximate surface area is 144 Å². The molecule has 6 heteroatoms. The summed E-state index contributed by atoms with van der Waals surface area (Å²) in [7, 11) is 0. The van der Waals surface area contributed by atoms with Gasteiger partial charge in [0.25, 0.3) is 5.91 Å². The van der Waals surface area contributed by atoms with Crippen LogP contribution in [-0.2, 0) is 4.79 Å². The van der Waals surface area contributed by atoms with Crippen molar-refractivity contribution in [1.29, 1.82) is 0 Å². The average Bonchev–Trinajstić information content (AvgIpc) is 3.04. The van der Waals surface area contributed by atoms with Crippen molar-refractivity contribution in [1.82, 2.24) is 5.32 Å². The number of carbonyl (C=O) groups excluding carboxylic acids is 1. The highest BCUT2D eigenvalue weighted by Crippen LogP contribution is 2.43. The van der Waals surface area contributed by atoms with Crippen molar-refractivity contribution >= 4 is 35.4 Å².